The second-order valence-electron chi connectivity index (χ2n) is 2.48. The predicted octanol–water partition coefficient (Wildman–Crippen LogP) is 3.69. The van der Waals surface area contributed by atoms with Gasteiger partial charge in [-0.15, -0.1) is 0 Å². The number of methoxy groups -OCH3 is 2. The largest absolute Gasteiger partial charge is 0.493 e. The molecule has 0 radical (unpaired) electrons. The molecule has 0 spiro atoms. The van der Waals surface area contributed by atoms with Crippen LogP contribution in [0.3, 0.4) is 0 Å². The van der Waals surface area contributed by atoms with E-state index in [4.69, 9.17) is 21.1 Å². The zero-order valence-corrected chi connectivity index (χ0v) is 10.1. The second kappa shape index (κ2) is 6.55. The van der Waals surface area contributed by atoms with E-state index in [1.807, 2.05) is 32.9 Å². The van der Waals surface area contributed by atoms with Gasteiger partial charge in [0.2, 0.25) is 0 Å². The summed E-state index contributed by atoms with van der Waals surface area (Å²) < 4.78 is 10.2. The lowest BCUT2D eigenvalue weighted by Crippen LogP contribution is -1.91. The van der Waals surface area contributed by atoms with Gasteiger partial charge in [0.25, 0.3) is 0 Å². The molecule has 0 heterocycles. The lowest BCUT2D eigenvalue weighted by atomic mass is 10.2. The summed E-state index contributed by atoms with van der Waals surface area (Å²) in [7, 11) is 3.16. The zero-order valence-electron chi connectivity index (χ0n) is 9.35. The van der Waals surface area contributed by atoms with Crippen LogP contribution in [0.4, 0.5) is 0 Å². The standard InChI is InChI=1S/C9H11ClO2.C2H6/c1-6-4-7(10)9(12-3)8(5-6)11-2;1-2/h4-5H,1-3H3;1-2H3. The lowest BCUT2D eigenvalue weighted by molar-refractivity contribution is 0.355. The molecule has 0 atom stereocenters. The lowest BCUT2D eigenvalue weighted by Gasteiger charge is -2.09. The molecule has 1 aromatic rings. The molecule has 0 amide bonds. The predicted molar refractivity (Wildman–Crippen MR) is 60.6 cm³/mol. The van der Waals surface area contributed by atoms with Crippen molar-refractivity contribution < 1.29 is 9.47 Å². The Labute approximate surface area is 90.8 Å². The van der Waals surface area contributed by atoms with Gasteiger partial charge in [0.15, 0.2) is 11.5 Å². The third kappa shape index (κ3) is 3.11. The number of halogens is 1. The van der Waals surface area contributed by atoms with Gasteiger partial charge in [-0.05, 0) is 24.6 Å². The van der Waals surface area contributed by atoms with Crippen molar-refractivity contribution in [2.24, 2.45) is 0 Å². The van der Waals surface area contributed by atoms with Crippen LogP contribution in [-0.2, 0) is 0 Å². The first-order valence-electron chi connectivity index (χ1n) is 4.57. The van der Waals surface area contributed by atoms with Crippen molar-refractivity contribution in [1.29, 1.82) is 0 Å². The van der Waals surface area contributed by atoms with Crippen molar-refractivity contribution in [2.45, 2.75) is 20.8 Å². The van der Waals surface area contributed by atoms with Crippen molar-refractivity contribution in [1.82, 2.24) is 0 Å². The number of hydrogen-bond acceptors (Lipinski definition) is 2. The Bertz CT molecular complexity index is 285. The summed E-state index contributed by atoms with van der Waals surface area (Å²) in [6.07, 6.45) is 0. The molecule has 0 aliphatic rings. The van der Waals surface area contributed by atoms with Crippen molar-refractivity contribution in [3.8, 4) is 11.5 Å². The smallest absolute Gasteiger partial charge is 0.179 e. The van der Waals surface area contributed by atoms with Crippen molar-refractivity contribution in [3.05, 3.63) is 22.7 Å². The summed E-state index contributed by atoms with van der Waals surface area (Å²) in [6.45, 7) is 5.95. The van der Waals surface area contributed by atoms with Crippen LogP contribution in [0.1, 0.15) is 19.4 Å². The summed E-state index contributed by atoms with van der Waals surface area (Å²) in [4.78, 5) is 0. The highest BCUT2D eigenvalue weighted by atomic mass is 35.5. The highest BCUT2D eigenvalue weighted by Crippen LogP contribution is 2.35. The van der Waals surface area contributed by atoms with E-state index in [1.54, 1.807) is 14.2 Å². The Morgan fingerprint density at radius 3 is 2.07 bits per heavy atom. The number of hydrogen-bond donors (Lipinski definition) is 0. The number of rotatable bonds is 2. The average molecular weight is 217 g/mol. The summed E-state index contributed by atoms with van der Waals surface area (Å²) in [5.41, 5.74) is 1.05. The highest BCUT2D eigenvalue weighted by molar-refractivity contribution is 6.32. The second-order valence-corrected chi connectivity index (χ2v) is 2.89. The maximum Gasteiger partial charge on any atom is 0.179 e. The fourth-order valence-electron chi connectivity index (χ4n) is 1.05. The molecule has 0 fully saturated rings. The number of aryl methyl sites for hydroxylation is 1. The molecule has 1 rings (SSSR count). The van der Waals surface area contributed by atoms with Crippen LogP contribution in [0.2, 0.25) is 5.02 Å². The SMILES string of the molecule is CC.COc1cc(C)cc(Cl)c1OC. The number of ether oxygens (including phenoxy) is 2. The van der Waals surface area contributed by atoms with E-state index in [0.717, 1.165) is 5.56 Å². The Morgan fingerprint density at radius 1 is 1.07 bits per heavy atom. The van der Waals surface area contributed by atoms with Crippen LogP contribution in [0.5, 0.6) is 11.5 Å². The Kier molecular flexibility index (Phi) is 6.13. The minimum atomic E-state index is 0.578. The molecular formula is C11H17ClO2. The van der Waals surface area contributed by atoms with Crippen molar-refractivity contribution >= 4 is 11.6 Å². The van der Waals surface area contributed by atoms with E-state index in [2.05, 4.69) is 0 Å². The van der Waals surface area contributed by atoms with E-state index in [-0.39, 0.29) is 0 Å². The topological polar surface area (TPSA) is 18.5 Å². The maximum atomic E-state index is 5.91. The van der Waals surface area contributed by atoms with Gasteiger partial charge < -0.3 is 9.47 Å². The Hall–Kier alpha value is -0.890. The van der Waals surface area contributed by atoms with Gasteiger partial charge in [0, 0.05) is 0 Å². The third-order valence-corrected chi connectivity index (χ3v) is 1.86. The first-order valence-corrected chi connectivity index (χ1v) is 4.95. The Balaban J connectivity index is 0.000000791. The van der Waals surface area contributed by atoms with E-state index in [0.29, 0.717) is 16.5 Å². The molecule has 0 N–H and O–H groups in total. The van der Waals surface area contributed by atoms with Crippen LogP contribution in [0, 0.1) is 6.92 Å². The normalized spacial score (nSPS) is 8.71. The molecule has 0 saturated carbocycles. The van der Waals surface area contributed by atoms with Gasteiger partial charge in [-0.1, -0.05) is 25.4 Å². The first kappa shape index (κ1) is 13.1. The minimum Gasteiger partial charge on any atom is -0.493 e. The molecule has 2 nitrogen and oxygen atoms in total. The molecule has 0 bridgehead atoms. The minimum absolute atomic E-state index is 0.578. The van der Waals surface area contributed by atoms with Gasteiger partial charge in [-0.25, -0.2) is 0 Å². The van der Waals surface area contributed by atoms with E-state index < -0.39 is 0 Å². The van der Waals surface area contributed by atoms with Gasteiger partial charge >= 0.3 is 0 Å². The fraction of sp³-hybridized carbons (Fsp3) is 0.455. The molecule has 80 valence electrons. The van der Waals surface area contributed by atoms with Crippen LogP contribution in [-0.4, -0.2) is 14.2 Å². The molecule has 0 saturated heterocycles. The van der Waals surface area contributed by atoms with Crippen LogP contribution >= 0.6 is 11.6 Å². The summed E-state index contributed by atoms with van der Waals surface area (Å²) in [6, 6.07) is 3.72. The maximum absolute atomic E-state index is 5.91. The van der Waals surface area contributed by atoms with Gasteiger partial charge in [-0.2, -0.15) is 0 Å². The fourth-order valence-corrected chi connectivity index (χ4v) is 1.39. The molecular weight excluding hydrogens is 200 g/mol. The molecule has 0 aliphatic heterocycles. The third-order valence-electron chi connectivity index (χ3n) is 1.58. The zero-order chi connectivity index (χ0) is 11.1. The van der Waals surface area contributed by atoms with E-state index in [1.165, 1.54) is 0 Å². The van der Waals surface area contributed by atoms with E-state index >= 15 is 0 Å². The number of benzene rings is 1. The van der Waals surface area contributed by atoms with Crippen molar-refractivity contribution in [3.63, 3.8) is 0 Å². The molecule has 14 heavy (non-hydrogen) atoms. The quantitative estimate of drug-likeness (QED) is 0.751. The molecule has 0 aliphatic carbocycles. The summed E-state index contributed by atoms with van der Waals surface area (Å²) >= 11 is 5.91. The van der Waals surface area contributed by atoms with Gasteiger partial charge in [0.05, 0.1) is 19.2 Å². The van der Waals surface area contributed by atoms with Gasteiger partial charge in [-0.3, -0.25) is 0 Å². The van der Waals surface area contributed by atoms with E-state index in [9.17, 15) is 0 Å². The monoisotopic (exact) mass is 216 g/mol. The highest BCUT2D eigenvalue weighted by Gasteiger charge is 2.08. The summed E-state index contributed by atoms with van der Waals surface area (Å²) in [5.74, 6) is 1.26. The van der Waals surface area contributed by atoms with Crippen LogP contribution in [0.15, 0.2) is 12.1 Å². The first-order chi connectivity index (χ1) is 6.69. The molecule has 0 aromatic heterocycles. The molecule has 3 heteroatoms. The summed E-state index contributed by atoms with van der Waals surface area (Å²) in [5, 5.41) is 0.578. The van der Waals surface area contributed by atoms with Crippen LogP contribution in [0.25, 0.3) is 0 Å². The van der Waals surface area contributed by atoms with Crippen LogP contribution < -0.4 is 9.47 Å². The average Bonchev–Trinajstić information content (AvgIpc) is 2.19. The molecule has 1 aromatic carbocycles. The van der Waals surface area contributed by atoms with Crippen molar-refractivity contribution in [2.75, 3.05) is 14.2 Å². The molecule has 0 unspecified atom stereocenters. The van der Waals surface area contributed by atoms with Gasteiger partial charge in [0.1, 0.15) is 0 Å². The Morgan fingerprint density at radius 2 is 1.64 bits per heavy atom.